The van der Waals surface area contributed by atoms with E-state index in [4.69, 9.17) is 16.6 Å². The van der Waals surface area contributed by atoms with Crippen molar-refractivity contribution in [2.24, 2.45) is 0 Å². The van der Waals surface area contributed by atoms with Crippen LogP contribution in [-0.2, 0) is 0 Å². The zero-order valence-corrected chi connectivity index (χ0v) is 17.2. The monoisotopic (exact) mass is 415 g/mol. The first-order valence-electron chi connectivity index (χ1n) is 8.60. The van der Waals surface area contributed by atoms with Crippen molar-refractivity contribution in [2.45, 2.75) is 25.9 Å². The van der Waals surface area contributed by atoms with E-state index in [2.05, 4.69) is 10.3 Å². The van der Waals surface area contributed by atoms with Gasteiger partial charge in [0.2, 0.25) is 0 Å². The molecule has 4 rings (SSSR count). The third-order valence-corrected chi connectivity index (χ3v) is 6.65. The second kappa shape index (κ2) is 7.56. The third-order valence-electron chi connectivity index (χ3n) is 4.53. The number of H-pyrrole nitrogens is 1. The molecule has 0 aliphatic rings. The Morgan fingerprint density at radius 2 is 1.93 bits per heavy atom. The maximum atomic E-state index is 12.8. The van der Waals surface area contributed by atoms with E-state index in [1.54, 1.807) is 11.3 Å². The number of hydrogen-bond acceptors (Lipinski definition) is 5. The molecule has 0 amide bonds. The largest absolute Gasteiger partial charge is 0.309 e. The number of aromatic amines is 1. The van der Waals surface area contributed by atoms with Gasteiger partial charge in [-0.3, -0.25) is 4.79 Å². The molecule has 27 heavy (non-hydrogen) atoms. The maximum absolute atomic E-state index is 12.8. The van der Waals surface area contributed by atoms with Crippen LogP contribution in [0.5, 0.6) is 0 Å². The fraction of sp³-hybridized carbons (Fsp3) is 0.200. The number of rotatable bonds is 5. The molecule has 2 N–H and O–H groups in total. The molecule has 0 fully saturated rings. The molecule has 7 heteroatoms. The van der Waals surface area contributed by atoms with Crippen LogP contribution in [-0.4, -0.2) is 9.97 Å². The van der Waals surface area contributed by atoms with E-state index in [0.717, 1.165) is 25.9 Å². The molecule has 0 bridgehead atoms. The van der Waals surface area contributed by atoms with Gasteiger partial charge in [0, 0.05) is 26.9 Å². The minimum absolute atomic E-state index is 0.0275. The summed E-state index contributed by atoms with van der Waals surface area (Å²) in [5.74, 6) is 0.631. The van der Waals surface area contributed by atoms with Gasteiger partial charge in [-0.1, -0.05) is 35.9 Å². The van der Waals surface area contributed by atoms with E-state index in [0.29, 0.717) is 11.2 Å². The van der Waals surface area contributed by atoms with Crippen LogP contribution in [0, 0.1) is 0 Å². The predicted octanol–water partition coefficient (Wildman–Crippen LogP) is 5.78. The van der Waals surface area contributed by atoms with Crippen molar-refractivity contribution in [1.29, 1.82) is 0 Å². The van der Waals surface area contributed by atoms with Crippen LogP contribution in [0.15, 0.2) is 52.0 Å². The summed E-state index contributed by atoms with van der Waals surface area (Å²) in [6, 6.07) is 11.7. The summed E-state index contributed by atoms with van der Waals surface area (Å²) in [5.41, 5.74) is 1.87. The van der Waals surface area contributed by atoms with Crippen LogP contribution in [0.4, 0.5) is 0 Å². The lowest BCUT2D eigenvalue weighted by atomic mass is 10.1. The summed E-state index contributed by atoms with van der Waals surface area (Å²) in [4.78, 5) is 22.3. The van der Waals surface area contributed by atoms with E-state index < -0.39 is 0 Å². The lowest BCUT2D eigenvalue weighted by Crippen LogP contribution is -2.26. The number of halogens is 1. The highest BCUT2D eigenvalue weighted by Gasteiger charge is 2.18. The van der Waals surface area contributed by atoms with E-state index in [9.17, 15) is 4.79 Å². The van der Waals surface area contributed by atoms with Gasteiger partial charge < -0.3 is 10.3 Å². The molecule has 0 radical (unpaired) electrons. The fourth-order valence-electron chi connectivity index (χ4n) is 3.15. The highest BCUT2D eigenvalue weighted by atomic mass is 35.5. The van der Waals surface area contributed by atoms with Crippen LogP contribution < -0.4 is 10.9 Å². The fourth-order valence-corrected chi connectivity index (χ4v) is 5.22. The average Bonchev–Trinajstić information content (AvgIpc) is 3.31. The first-order valence-corrected chi connectivity index (χ1v) is 10.7. The smallest absolute Gasteiger partial charge is 0.260 e. The lowest BCUT2D eigenvalue weighted by molar-refractivity contribution is 0.477. The molecule has 4 nitrogen and oxygen atoms in total. The van der Waals surface area contributed by atoms with Gasteiger partial charge in [-0.2, -0.15) is 0 Å². The summed E-state index contributed by atoms with van der Waals surface area (Å²) < 4.78 is 0. The molecule has 0 saturated heterocycles. The van der Waals surface area contributed by atoms with Gasteiger partial charge in [0.1, 0.15) is 10.7 Å². The van der Waals surface area contributed by atoms with Crippen LogP contribution in [0.3, 0.4) is 0 Å². The van der Waals surface area contributed by atoms with Crippen molar-refractivity contribution >= 4 is 44.5 Å². The number of thiophene rings is 2. The third kappa shape index (κ3) is 3.58. The minimum Gasteiger partial charge on any atom is -0.309 e. The van der Waals surface area contributed by atoms with Gasteiger partial charge in [0.25, 0.3) is 5.56 Å². The molecule has 4 aromatic rings. The molecule has 0 unspecified atom stereocenters. The number of hydrogen-bond donors (Lipinski definition) is 2. The van der Waals surface area contributed by atoms with Crippen LogP contribution in [0.25, 0.3) is 20.7 Å². The van der Waals surface area contributed by atoms with Crippen molar-refractivity contribution in [3.63, 3.8) is 0 Å². The molecule has 3 heterocycles. The van der Waals surface area contributed by atoms with Gasteiger partial charge in [-0.05, 0) is 36.9 Å². The number of aromatic nitrogens is 2. The molecule has 0 aliphatic heterocycles. The Hall–Kier alpha value is -1.99. The van der Waals surface area contributed by atoms with Gasteiger partial charge in [0.05, 0.1) is 11.4 Å². The Morgan fingerprint density at radius 1 is 1.11 bits per heavy atom. The first kappa shape index (κ1) is 18.4. The van der Waals surface area contributed by atoms with E-state index >= 15 is 0 Å². The summed E-state index contributed by atoms with van der Waals surface area (Å²) in [5, 5.41) is 8.87. The molecule has 2 atom stereocenters. The summed E-state index contributed by atoms with van der Waals surface area (Å²) >= 11 is 9.42. The second-order valence-electron chi connectivity index (χ2n) is 6.39. The van der Waals surface area contributed by atoms with E-state index in [-0.39, 0.29) is 17.6 Å². The highest BCUT2D eigenvalue weighted by molar-refractivity contribution is 7.18. The molecule has 0 saturated carbocycles. The number of nitrogens with one attached hydrogen (secondary N) is 2. The van der Waals surface area contributed by atoms with E-state index in [1.165, 1.54) is 11.3 Å². The van der Waals surface area contributed by atoms with Gasteiger partial charge >= 0.3 is 0 Å². The maximum Gasteiger partial charge on any atom is 0.260 e. The molecule has 0 aliphatic carbocycles. The second-order valence-corrected chi connectivity index (χ2v) is 8.60. The van der Waals surface area contributed by atoms with Crippen LogP contribution in [0.2, 0.25) is 5.02 Å². The zero-order chi connectivity index (χ0) is 19.0. The van der Waals surface area contributed by atoms with Crippen molar-refractivity contribution in [3.8, 4) is 10.4 Å². The molecular weight excluding hydrogens is 398 g/mol. The Kier molecular flexibility index (Phi) is 5.14. The molecular formula is C20H18ClN3OS2. The quantitative estimate of drug-likeness (QED) is 0.434. The first-order chi connectivity index (χ1) is 13.0. The van der Waals surface area contributed by atoms with Crippen molar-refractivity contribution < 1.29 is 0 Å². The Morgan fingerprint density at radius 3 is 2.67 bits per heavy atom. The Bertz CT molecular complexity index is 1130. The zero-order valence-electron chi connectivity index (χ0n) is 14.8. The predicted molar refractivity (Wildman–Crippen MR) is 115 cm³/mol. The number of fused-ring (bicyclic) bond motifs is 1. The van der Waals surface area contributed by atoms with Crippen molar-refractivity contribution in [1.82, 2.24) is 15.3 Å². The average molecular weight is 416 g/mol. The standard InChI is InChI=1S/C20H18ClN3OS2/c1-11(13-6-3-4-7-15(13)21)22-12(2)18-23-19(25)17-14(10-27-20(17)24-18)16-8-5-9-26-16/h3-12,22H,1-2H3,(H,23,24,25)/t11-,12-/m1/s1. The van der Waals surface area contributed by atoms with Gasteiger partial charge in [-0.25, -0.2) is 4.98 Å². The lowest BCUT2D eigenvalue weighted by Gasteiger charge is -2.20. The normalized spacial score (nSPS) is 13.7. The minimum atomic E-state index is -0.124. The van der Waals surface area contributed by atoms with Crippen molar-refractivity contribution in [2.75, 3.05) is 0 Å². The van der Waals surface area contributed by atoms with Crippen LogP contribution in [0.1, 0.15) is 37.3 Å². The molecule has 3 aromatic heterocycles. The molecule has 138 valence electrons. The van der Waals surface area contributed by atoms with Crippen LogP contribution >= 0.6 is 34.3 Å². The van der Waals surface area contributed by atoms with Crippen molar-refractivity contribution in [3.05, 3.63) is 73.9 Å². The van der Waals surface area contributed by atoms with E-state index in [1.807, 2.05) is 61.0 Å². The summed E-state index contributed by atoms with van der Waals surface area (Å²) in [6.45, 7) is 4.04. The summed E-state index contributed by atoms with van der Waals surface area (Å²) in [7, 11) is 0. The van der Waals surface area contributed by atoms with Gasteiger partial charge in [0.15, 0.2) is 0 Å². The molecule has 1 aromatic carbocycles. The SMILES string of the molecule is C[C@@H](N[C@H](C)c1ccccc1Cl)c1nc2scc(-c3cccs3)c2c(=O)[nH]1. The summed E-state index contributed by atoms with van der Waals surface area (Å²) in [6.07, 6.45) is 0. The number of nitrogens with zero attached hydrogens (tertiary/aromatic N) is 1. The van der Waals surface area contributed by atoms with Gasteiger partial charge in [-0.15, -0.1) is 22.7 Å². The highest BCUT2D eigenvalue weighted by Crippen LogP contribution is 2.34. The Balaban J connectivity index is 1.64. The Labute approximate surface area is 169 Å². The molecule has 0 spiro atoms. The number of benzene rings is 1. The topological polar surface area (TPSA) is 57.8 Å².